The van der Waals surface area contributed by atoms with Crippen LogP contribution in [-0.2, 0) is 13.2 Å². The van der Waals surface area contributed by atoms with Gasteiger partial charge in [0.05, 0.1) is 7.11 Å². The Kier molecular flexibility index (Phi) is 4.36. The van der Waals surface area contributed by atoms with Gasteiger partial charge in [0.2, 0.25) is 0 Å². The molecule has 3 nitrogen and oxygen atoms in total. The van der Waals surface area contributed by atoms with Crippen molar-refractivity contribution in [3.63, 3.8) is 0 Å². The summed E-state index contributed by atoms with van der Waals surface area (Å²) >= 11 is 0. The molecule has 0 unspecified atom stereocenters. The highest BCUT2D eigenvalue weighted by Gasteiger charge is 2.02. The first-order chi connectivity index (χ1) is 9.21. The van der Waals surface area contributed by atoms with E-state index in [1.807, 2.05) is 12.1 Å². The van der Waals surface area contributed by atoms with Crippen molar-refractivity contribution in [2.45, 2.75) is 13.2 Å². The zero-order chi connectivity index (χ0) is 13.7. The summed E-state index contributed by atoms with van der Waals surface area (Å²) in [4.78, 5) is 0. The maximum Gasteiger partial charge on any atom is 0.123 e. The topological polar surface area (TPSA) is 44.5 Å². The Morgan fingerprint density at radius 3 is 2.32 bits per heavy atom. The molecule has 0 amide bonds. The molecule has 19 heavy (non-hydrogen) atoms. The lowest BCUT2D eigenvalue weighted by atomic mass is 10.2. The second-order valence-corrected chi connectivity index (χ2v) is 4.14. The monoisotopic (exact) mass is 261 g/mol. The van der Waals surface area contributed by atoms with Crippen LogP contribution in [0.25, 0.3) is 0 Å². The molecule has 0 saturated heterocycles. The molecule has 0 bridgehead atoms. The van der Waals surface area contributed by atoms with E-state index in [9.17, 15) is 4.39 Å². The fourth-order valence-corrected chi connectivity index (χ4v) is 1.70. The van der Waals surface area contributed by atoms with E-state index in [0.29, 0.717) is 24.7 Å². The van der Waals surface area contributed by atoms with Gasteiger partial charge < -0.3 is 15.2 Å². The Labute approximate surface area is 111 Å². The summed E-state index contributed by atoms with van der Waals surface area (Å²) in [5.74, 6) is 1.14. The third kappa shape index (κ3) is 3.69. The summed E-state index contributed by atoms with van der Waals surface area (Å²) in [7, 11) is 1.60. The van der Waals surface area contributed by atoms with Gasteiger partial charge in [0.1, 0.15) is 23.9 Å². The molecule has 2 rings (SSSR count). The van der Waals surface area contributed by atoms with E-state index in [1.54, 1.807) is 25.3 Å². The molecule has 0 radical (unpaired) electrons. The molecular formula is C15H16FNO2. The van der Waals surface area contributed by atoms with Crippen LogP contribution >= 0.6 is 0 Å². The maximum absolute atomic E-state index is 12.8. The molecule has 0 spiro atoms. The highest BCUT2D eigenvalue weighted by molar-refractivity contribution is 5.38. The standard InChI is InChI=1S/C15H16FNO2/c1-18-14-6-12(9-17)7-15(8-14)19-10-11-2-4-13(16)5-3-11/h2-8H,9-10,17H2,1H3. The number of hydrogen-bond acceptors (Lipinski definition) is 3. The van der Waals surface area contributed by atoms with Crippen molar-refractivity contribution in [3.8, 4) is 11.5 Å². The third-order valence-corrected chi connectivity index (χ3v) is 2.73. The number of methoxy groups -OCH3 is 1. The van der Waals surface area contributed by atoms with Gasteiger partial charge in [0.25, 0.3) is 0 Å². The zero-order valence-electron chi connectivity index (χ0n) is 10.7. The second kappa shape index (κ2) is 6.20. The summed E-state index contributed by atoms with van der Waals surface area (Å²) in [5, 5.41) is 0. The minimum absolute atomic E-state index is 0.254. The third-order valence-electron chi connectivity index (χ3n) is 2.73. The van der Waals surface area contributed by atoms with Crippen molar-refractivity contribution in [1.29, 1.82) is 0 Å². The first kappa shape index (κ1) is 13.4. The Morgan fingerprint density at radius 2 is 1.68 bits per heavy atom. The van der Waals surface area contributed by atoms with Crippen LogP contribution in [0.4, 0.5) is 4.39 Å². The summed E-state index contributed by atoms with van der Waals surface area (Å²) in [6, 6.07) is 11.7. The number of ether oxygens (including phenoxy) is 2. The number of rotatable bonds is 5. The van der Waals surface area contributed by atoms with E-state index in [-0.39, 0.29) is 5.82 Å². The number of hydrogen-bond donors (Lipinski definition) is 1. The highest BCUT2D eigenvalue weighted by atomic mass is 19.1. The van der Waals surface area contributed by atoms with Gasteiger partial charge in [-0.2, -0.15) is 0 Å². The van der Waals surface area contributed by atoms with Crippen LogP contribution in [0.15, 0.2) is 42.5 Å². The van der Waals surface area contributed by atoms with Crippen molar-refractivity contribution in [1.82, 2.24) is 0 Å². The van der Waals surface area contributed by atoms with Crippen LogP contribution in [0.5, 0.6) is 11.5 Å². The summed E-state index contributed by atoms with van der Waals surface area (Å²) < 4.78 is 23.6. The lowest BCUT2D eigenvalue weighted by molar-refractivity contribution is 0.303. The van der Waals surface area contributed by atoms with E-state index >= 15 is 0 Å². The van der Waals surface area contributed by atoms with E-state index in [4.69, 9.17) is 15.2 Å². The minimum atomic E-state index is -0.254. The van der Waals surface area contributed by atoms with Gasteiger partial charge in [0.15, 0.2) is 0 Å². The van der Waals surface area contributed by atoms with E-state index in [2.05, 4.69) is 0 Å². The van der Waals surface area contributed by atoms with Crippen LogP contribution < -0.4 is 15.2 Å². The van der Waals surface area contributed by atoms with Crippen molar-refractivity contribution >= 4 is 0 Å². The molecule has 0 aliphatic carbocycles. The van der Waals surface area contributed by atoms with Crippen molar-refractivity contribution < 1.29 is 13.9 Å². The van der Waals surface area contributed by atoms with E-state index < -0.39 is 0 Å². The summed E-state index contributed by atoms with van der Waals surface area (Å²) in [6.45, 7) is 0.793. The van der Waals surface area contributed by atoms with Crippen LogP contribution in [0.2, 0.25) is 0 Å². The fraction of sp³-hybridized carbons (Fsp3) is 0.200. The van der Waals surface area contributed by atoms with Crippen molar-refractivity contribution in [2.24, 2.45) is 5.73 Å². The smallest absolute Gasteiger partial charge is 0.123 e. The molecule has 0 aromatic heterocycles. The Hall–Kier alpha value is -2.07. The predicted octanol–water partition coefficient (Wildman–Crippen LogP) is 2.87. The molecule has 0 aliphatic heterocycles. The zero-order valence-corrected chi connectivity index (χ0v) is 10.7. The van der Waals surface area contributed by atoms with Crippen LogP contribution in [0, 0.1) is 5.82 Å². The van der Waals surface area contributed by atoms with Gasteiger partial charge in [0, 0.05) is 12.6 Å². The molecule has 0 heterocycles. The quantitative estimate of drug-likeness (QED) is 0.900. The van der Waals surface area contributed by atoms with Gasteiger partial charge in [-0.15, -0.1) is 0 Å². The molecule has 0 atom stereocenters. The van der Waals surface area contributed by atoms with Gasteiger partial charge >= 0.3 is 0 Å². The molecular weight excluding hydrogens is 245 g/mol. The van der Waals surface area contributed by atoms with Crippen LogP contribution in [-0.4, -0.2) is 7.11 Å². The molecule has 4 heteroatoms. The lowest BCUT2D eigenvalue weighted by Crippen LogP contribution is -2.00. The van der Waals surface area contributed by atoms with Gasteiger partial charge in [-0.1, -0.05) is 12.1 Å². The molecule has 100 valence electrons. The molecule has 0 aliphatic rings. The fourth-order valence-electron chi connectivity index (χ4n) is 1.70. The molecule has 2 aromatic carbocycles. The summed E-state index contributed by atoms with van der Waals surface area (Å²) in [6.07, 6.45) is 0. The Balaban J connectivity index is 2.08. The molecule has 0 saturated carbocycles. The van der Waals surface area contributed by atoms with Gasteiger partial charge in [-0.05, 0) is 35.4 Å². The highest BCUT2D eigenvalue weighted by Crippen LogP contribution is 2.23. The van der Waals surface area contributed by atoms with Crippen molar-refractivity contribution in [3.05, 3.63) is 59.4 Å². The molecule has 2 N–H and O–H groups in total. The van der Waals surface area contributed by atoms with Gasteiger partial charge in [-0.3, -0.25) is 0 Å². The summed E-state index contributed by atoms with van der Waals surface area (Å²) in [5.41, 5.74) is 7.45. The number of halogens is 1. The SMILES string of the molecule is COc1cc(CN)cc(OCc2ccc(F)cc2)c1. The average Bonchev–Trinajstić information content (AvgIpc) is 2.46. The van der Waals surface area contributed by atoms with Crippen LogP contribution in [0.1, 0.15) is 11.1 Å². The Bertz CT molecular complexity index is 518. The first-order valence-corrected chi connectivity index (χ1v) is 5.96. The van der Waals surface area contributed by atoms with Gasteiger partial charge in [-0.25, -0.2) is 4.39 Å². The minimum Gasteiger partial charge on any atom is -0.497 e. The number of benzene rings is 2. The number of nitrogens with two attached hydrogens (primary N) is 1. The first-order valence-electron chi connectivity index (χ1n) is 5.96. The normalized spacial score (nSPS) is 10.3. The predicted molar refractivity (Wildman–Crippen MR) is 71.6 cm³/mol. The van der Waals surface area contributed by atoms with E-state index in [0.717, 1.165) is 11.1 Å². The van der Waals surface area contributed by atoms with Crippen LogP contribution in [0.3, 0.4) is 0 Å². The average molecular weight is 261 g/mol. The van der Waals surface area contributed by atoms with E-state index in [1.165, 1.54) is 12.1 Å². The largest absolute Gasteiger partial charge is 0.497 e. The van der Waals surface area contributed by atoms with Crippen molar-refractivity contribution in [2.75, 3.05) is 7.11 Å². The maximum atomic E-state index is 12.8. The second-order valence-electron chi connectivity index (χ2n) is 4.14. The Morgan fingerprint density at radius 1 is 1.00 bits per heavy atom. The molecule has 2 aromatic rings. The molecule has 0 fully saturated rings. The lowest BCUT2D eigenvalue weighted by Gasteiger charge is -2.10.